The second kappa shape index (κ2) is 5.32. The molecule has 1 fully saturated rings. The van der Waals surface area contributed by atoms with Gasteiger partial charge in [-0.2, -0.15) is 0 Å². The van der Waals surface area contributed by atoms with Gasteiger partial charge in [-0.15, -0.1) is 12.3 Å². The van der Waals surface area contributed by atoms with Crippen molar-refractivity contribution >= 4 is 5.91 Å². The van der Waals surface area contributed by atoms with Crippen LogP contribution in [0.1, 0.15) is 43.2 Å². The van der Waals surface area contributed by atoms with Gasteiger partial charge in [-0.3, -0.25) is 4.79 Å². The van der Waals surface area contributed by atoms with Crippen molar-refractivity contribution in [1.29, 1.82) is 0 Å². The van der Waals surface area contributed by atoms with Gasteiger partial charge in [0.2, 0.25) is 5.91 Å². The molecule has 0 spiro atoms. The van der Waals surface area contributed by atoms with Gasteiger partial charge >= 0.3 is 0 Å². The first-order chi connectivity index (χ1) is 9.76. The highest BCUT2D eigenvalue weighted by Gasteiger charge is 2.56. The summed E-state index contributed by atoms with van der Waals surface area (Å²) < 4.78 is 0. The van der Waals surface area contributed by atoms with Crippen LogP contribution in [0.2, 0.25) is 0 Å². The molecule has 2 nitrogen and oxygen atoms in total. The number of aryl methyl sites for hydroxylation is 1. The molecule has 1 aromatic carbocycles. The van der Waals surface area contributed by atoms with Crippen molar-refractivity contribution in [1.82, 2.24) is 5.32 Å². The second-order valence-electron chi connectivity index (χ2n) is 5.97. The molecule has 20 heavy (non-hydrogen) atoms. The van der Waals surface area contributed by atoms with Crippen LogP contribution in [0.5, 0.6) is 0 Å². The summed E-state index contributed by atoms with van der Waals surface area (Å²) in [6.45, 7) is 2.07. The van der Waals surface area contributed by atoms with E-state index in [2.05, 4.69) is 42.4 Å². The Hall–Kier alpha value is -1.75. The number of terminal acetylenes is 1. The van der Waals surface area contributed by atoms with Gasteiger partial charge in [0.05, 0.1) is 0 Å². The minimum atomic E-state index is 0.130. The Bertz CT molecular complexity index is 557. The van der Waals surface area contributed by atoms with Gasteiger partial charge < -0.3 is 5.32 Å². The Morgan fingerprint density at radius 3 is 3.05 bits per heavy atom. The Balaban J connectivity index is 1.70. The molecule has 1 saturated carbocycles. The largest absolute Gasteiger partial charge is 0.352 e. The van der Waals surface area contributed by atoms with Crippen LogP contribution in [0.25, 0.3) is 0 Å². The summed E-state index contributed by atoms with van der Waals surface area (Å²) in [5, 5.41) is 3.14. The van der Waals surface area contributed by atoms with E-state index in [0.29, 0.717) is 18.3 Å². The van der Waals surface area contributed by atoms with Gasteiger partial charge in [0.25, 0.3) is 0 Å². The normalized spacial score (nSPS) is 27.7. The van der Waals surface area contributed by atoms with E-state index in [0.717, 1.165) is 19.3 Å². The summed E-state index contributed by atoms with van der Waals surface area (Å²) in [4.78, 5) is 12.4. The summed E-state index contributed by atoms with van der Waals surface area (Å²) in [6.07, 6.45) is 9.13. The molecule has 2 aliphatic rings. The van der Waals surface area contributed by atoms with Gasteiger partial charge in [-0.1, -0.05) is 31.2 Å². The number of carbonyl (C=O) groups excluding carboxylic acids is 1. The van der Waals surface area contributed by atoms with Gasteiger partial charge in [0.1, 0.15) is 0 Å². The van der Waals surface area contributed by atoms with Crippen LogP contribution in [0, 0.1) is 24.2 Å². The molecule has 2 heteroatoms. The van der Waals surface area contributed by atoms with Crippen LogP contribution in [0.3, 0.4) is 0 Å². The SMILES string of the molecule is C#CCC(CC)NC(=O)C1C2CCc3ccccc3C21. The molecular weight excluding hydrogens is 246 g/mol. The number of hydrogen-bond acceptors (Lipinski definition) is 1. The molecule has 4 unspecified atom stereocenters. The minimum absolute atomic E-state index is 0.130. The number of amides is 1. The van der Waals surface area contributed by atoms with Crippen LogP contribution in [-0.2, 0) is 11.2 Å². The van der Waals surface area contributed by atoms with E-state index in [9.17, 15) is 4.79 Å². The van der Waals surface area contributed by atoms with Gasteiger partial charge in [-0.05, 0) is 42.2 Å². The van der Waals surface area contributed by atoms with Crippen LogP contribution >= 0.6 is 0 Å². The maximum Gasteiger partial charge on any atom is 0.224 e. The average Bonchev–Trinajstić information content (AvgIpc) is 3.21. The van der Waals surface area contributed by atoms with Crippen molar-refractivity contribution < 1.29 is 4.79 Å². The lowest BCUT2D eigenvalue weighted by molar-refractivity contribution is -0.123. The van der Waals surface area contributed by atoms with E-state index >= 15 is 0 Å². The lowest BCUT2D eigenvalue weighted by Gasteiger charge is -2.14. The molecule has 1 N–H and O–H groups in total. The zero-order valence-corrected chi connectivity index (χ0v) is 11.9. The molecule has 0 aromatic heterocycles. The third-order valence-electron chi connectivity index (χ3n) is 4.84. The smallest absolute Gasteiger partial charge is 0.224 e. The highest BCUT2D eigenvalue weighted by atomic mass is 16.2. The van der Waals surface area contributed by atoms with Crippen LogP contribution in [-0.4, -0.2) is 11.9 Å². The maximum atomic E-state index is 12.4. The fraction of sp³-hybridized carbons (Fsp3) is 0.500. The fourth-order valence-electron chi connectivity index (χ4n) is 3.66. The van der Waals surface area contributed by atoms with Crippen molar-refractivity contribution in [2.75, 3.05) is 0 Å². The first-order valence-electron chi connectivity index (χ1n) is 7.58. The van der Waals surface area contributed by atoms with Crippen molar-refractivity contribution in [2.24, 2.45) is 11.8 Å². The molecule has 0 saturated heterocycles. The molecule has 0 bridgehead atoms. The molecule has 0 aliphatic heterocycles. The molecule has 4 atom stereocenters. The number of hydrogen-bond donors (Lipinski definition) is 1. The quantitative estimate of drug-likeness (QED) is 0.835. The third-order valence-corrected chi connectivity index (χ3v) is 4.84. The number of fused-ring (bicyclic) bond motifs is 3. The third kappa shape index (κ3) is 2.22. The number of benzene rings is 1. The monoisotopic (exact) mass is 267 g/mol. The minimum Gasteiger partial charge on any atom is -0.352 e. The molecular formula is C18H21NO. The predicted molar refractivity (Wildman–Crippen MR) is 80.2 cm³/mol. The topological polar surface area (TPSA) is 29.1 Å². The van der Waals surface area contributed by atoms with E-state index < -0.39 is 0 Å². The summed E-state index contributed by atoms with van der Waals surface area (Å²) in [7, 11) is 0. The summed E-state index contributed by atoms with van der Waals surface area (Å²) >= 11 is 0. The predicted octanol–water partition coefficient (Wildman–Crippen LogP) is 2.88. The second-order valence-corrected chi connectivity index (χ2v) is 5.97. The van der Waals surface area contributed by atoms with Crippen molar-refractivity contribution in [2.45, 2.75) is 44.6 Å². The van der Waals surface area contributed by atoms with E-state index in [4.69, 9.17) is 6.42 Å². The van der Waals surface area contributed by atoms with Crippen LogP contribution in [0.15, 0.2) is 24.3 Å². The molecule has 104 valence electrons. The lowest BCUT2D eigenvalue weighted by Crippen LogP contribution is -2.35. The first kappa shape index (κ1) is 13.2. The van der Waals surface area contributed by atoms with Crippen molar-refractivity contribution in [3.05, 3.63) is 35.4 Å². The van der Waals surface area contributed by atoms with Crippen molar-refractivity contribution in [3.63, 3.8) is 0 Å². The standard InChI is InChI=1S/C18H21NO/c1-3-7-13(4-2)19-18(20)17-15-11-10-12-8-5-6-9-14(12)16(15)17/h1,5-6,8-9,13,15-17H,4,7,10-11H2,2H3,(H,19,20). The highest BCUT2D eigenvalue weighted by Crippen LogP contribution is 2.59. The first-order valence-corrected chi connectivity index (χ1v) is 7.58. The Morgan fingerprint density at radius 2 is 2.30 bits per heavy atom. The van der Waals surface area contributed by atoms with Crippen LogP contribution in [0.4, 0.5) is 0 Å². The summed E-state index contributed by atoms with van der Waals surface area (Å²) in [5.74, 6) is 4.02. The van der Waals surface area contributed by atoms with E-state index in [-0.39, 0.29) is 17.9 Å². The fourth-order valence-corrected chi connectivity index (χ4v) is 3.66. The molecule has 3 rings (SSSR count). The van der Waals surface area contributed by atoms with E-state index in [1.807, 2.05) is 0 Å². The summed E-state index contributed by atoms with van der Waals surface area (Å²) in [5.41, 5.74) is 2.83. The van der Waals surface area contributed by atoms with E-state index in [1.165, 1.54) is 11.1 Å². The molecule has 1 aromatic rings. The maximum absolute atomic E-state index is 12.4. The Labute approximate surface area is 121 Å². The summed E-state index contributed by atoms with van der Waals surface area (Å²) in [6, 6.07) is 8.70. The van der Waals surface area contributed by atoms with Crippen LogP contribution < -0.4 is 5.32 Å². The highest BCUT2D eigenvalue weighted by molar-refractivity contribution is 5.84. The molecule has 0 radical (unpaired) electrons. The number of rotatable bonds is 4. The molecule has 2 aliphatic carbocycles. The molecule has 1 amide bonds. The average molecular weight is 267 g/mol. The number of nitrogens with one attached hydrogen (secondary N) is 1. The lowest BCUT2D eigenvalue weighted by atomic mass is 9.92. The van der Waals surface area contributed by atoms with Gasteiger partial charge in [0.15, 0.2) is 0 Å². The zero-order valence-electron chi connectivity index (χ0n) is 11.9. The molecule has 0 heterocycles. The van der Waals surface area contributed by atoms with Crippen molar-refractivity contribution in [3.8, 4) is 12.3 Å². The zero-order chi connectivity index (χ0) is 14.1. The van der Waals surface area contributed by atoms with Gasteiger partial charge in [0, 0.05) is 18.4 Å². The Kier molecular flexibility index (Phi) is 3.53. The van der Waals surface area contributed by atoms with Gasteiger partial charge in [-0.25, -0.2) is 0 Å². The Morgan fingerprint density at radius 1 is 1.50 bits per heavy atom. The number of carbonyl (C=O) groups is 1. The van der Waals surface area contributed by atoms with E-state index in [1.54, 1.807) is 0 Å².